The van der Waals surface area contributed by atoms with Gasteiger partial charge >= 0.3 is 0 Å². The van der Waals surface area contributed by atoms with Crippen molar-refractivity contribution in [1.82, 2.24) is 5.32 Å². The van der Waals surface area contributed by atoms with E-state index in [1.807, 2.05) is 19.4 Å². The number of nitrogens with one attached hydrogen (secondary N) is 1. The average molecular weight is 209 g/mol. The van der Waals surface area contributed by atoms with Gasteiger partial charge in [0.15, 0.2) is 0 Å². The third-order valence-electron chi connectivity index (χ3n) is 3.30. The monoisotopic (exact) mass is 209 g/mol. The fraction of sp³-hybridized carbons (Fsp3) is 0.667. The van der Waals surface area contributed by atoms with Gasteiger partial charge in [0.25, 0.3) is 0 Å². The molecule has 0 amide bonds. The van der Waals surface area contributed by atoms with Crippen molar-refractivity contribution in [3.63, 3.8) is 0 Å². The van der Waals surface area contributed by atoms with Crippen LogP contribution < -0.4 is 5.32 Å². The van der Waals surface area contributed by atoms with Crippen molar-refractivity contribution in [2.24, 2.45) is 5.92 Å². The minimum absolute atomic E-state index is 0.358. The van der Waals surface area contributed by atoms with Crippen LogP contribution in [-0.2, 0) is 4.74 Å². The first-order chi connectivity index (χ1) is 7.36. The van der Waals surface area contributed by atoms with E-state index in [1.165, 1.54) is 5.56 Å². The van der Waals surface area contributed by atoms with Gasteiger partial charge < -0.3 is 14.5 Å². The molecule has 0 aromatic carbocycles. The second-order valence-corrected chi connectivity index (χ2v) is 4.09. The summed E-state index contributed by atoms with van der Waals surface area (Å²) >= 11 is 0. The van der Waals surface area contributed by atoms with Gasteiger partial charge in [0.2, 0.25) is 0 Å². The molecule has 0 aliphatic carbocycles. The van der Waals surface area contributed by atoms with E-state index in [2.05, 4.69) is 12.2 Å². The van der Waals surface area contributed by atoms with Crippen LogP contribution in [0, 0.1) is 5.92 Å². The molecule has 2 rings (SSSR count). The Labute approximate surface area is 90.8 Å². The Morgan fingerprint density at radius 3 is 3.07 bits per heavy atom. The molecule has 3 atom stereocenters. The second-order valence-electron chi connectivity index (χ2n) is 4.09. The number of hydrogen-bond donors (Lipinski definition) is 1. The first-order valence-corrected chi connectivity index (χ1v) is 5.67. The predicted molar refractivity (Wildman–Crippen MR) is 58.6 cm³/mol. The maximum absolute atomic E-state index is 5.72. The Bertz CT molecular complexity index is 284. The highest BCUT2D eigenvalue weighted by Gasteiger charge is 2.33. The van der Waals surface area contributed by atoms with Gasteiger partial charge in [0, 0.05) is 24.1 Å². The van der Waals surface area contributed by atoms with Crippen LogP contribution >= 0.6 is 0 Å². The Hall–Kier alpha value is -0.800. The van der Waals surface area contributed by atoms with E-state index in [0.717, 1.165) is 19.4 Å². The van der Waals surface area contributed by atoms with Crippen LogP contribution in [0.3, 0.4) is 0 Å². The van der Waals surface area contributed by atoms with Crippen molar-refractivity contribution in [2.45, 2.75) is 31.9 Å². The minimum atomic E-state index is 0.358. The number of rotatable bonds is 4. The van der Waals surface area contributed by atoms with Crippen molar-refractivity contribution >= 4 is 0 Å². The van der Waals surface area contributed by atoms with Gasteiger partial charge in [-0.25, -0.2) is 0 Å². The van der Waals surface area contributed by atoms with E-state index in [4.69, 9.17) is 9.15 Å². The van der Waals surface area contributed by atoms with Gasteiger partial charge in [0.05, 0.1) is 18.6 Å². The zero-order valence-corrected chi connectivity index (χ0v) is 9.40. The molecule has 1 N–H and O–H groups in total. The Morgan fingerprint density at radius 1 is 1.60 bits per heavy atom. The van der Waals surface area contributed by atoms with Gasteiger partial charge in [-0.3, -0.25) is 0 Å². The maximum Gasteiger partial charge on any atom is 0.0950 e. The molecule has 2 heterocycles. The van der Waals surface area contributed by atoms with Gasteiger partial charge in [-0.1, -0.05) is 6.92 Å². The van der Waals surface area contributed by atoms with Crippen molar-refractivity contribution in [3.8, 4) is 0 Å². The minimum Gasteiger partial charge on any atom is -0.472 e. The fourth-order valence-electron chi connectivity index (χ4n) is 2.55. The Morgan fingerprint density at radius 2 is 2.47 bits per heavy atom. The molecule has 3 nitrogen and oxygen atoms in total. The number of hydrogen-bond acceptors (Lipinski definition) is 3. The molecule has 84 valence electrons. The third kappa shape index (κ3) is 2.08. The first-order valence-electron chi connectivity index (χ1n) is 5.67. The average Bonchev–Trinajstić information content (AvgIpc) is 2.89. The highest BCUT2D eigenvalue weighted by atomic mass is 16.5. The summed E-state index contributed by atoms with van der Waals surface area (Å²) in [5, 5.41) is 3.37. The van der Waals surface area contributed by atoms with E-state index in [9.17, 15) is 0 Å². The van der Waals surface area contributed by atoms with Gasteiger partial charge in [-0.15, -0.1) is 0 Å². The Balaban J connectivity index is 2.12. The van der Waals surface area contributed by atoms with E-state index in [1.54, 1.807) is 6.26 Å². The summed E-state index contributed by atoms with van der Waals surface area (Å²) < 4.78 is 10.9. The molecule has 1 aromatic heterocycles. The normalized spacial score (nSPS) is 28.1. The van der Waals surface area contributed by atoms with Crippen LogP contribution in [-0.4, -0.2) is 19.8 Å². The van der Waals surface area contributed by atoms with Crippen molar-refractivity contribution in [3.05, 3.63) is 24.2 Å². The lowest BCUT2D eigenvalue weighted by Crippen LogP contribution is -2.30. The predicted octanol–water partition coefficient (Wildman–Crippen LogP) is 2.36. The van der Waals surface area contributed by atoms with E-state index in [-0.39, 0.29) is 0 Å². The van der Waals surface area contributed by atoms with Gasteiger partial charge in [0.1, 0.15) is 0 Å². The molecular weight excluding hydrogens is 190 g/mol. The molecule has 0 saturated carbocycles. The highest BCUT2D eigenvalue weighted by Crippen LogP contribution is 2.34. The molecule has 0 bridgehead atoms. The smallest absolute Gasteiger partial charge is 0.0950 e. The van der Waals surface area contributed by atoms with Crippen LogP contribution in [0.15, 0.2) is 23.0 Å². The quantitative estimate of drug-likeness (QED) is 0.826. The summed E-state index contributed by atoms with van der Waals surface area (Å²) in [6.07, 6.45) is 6.16. The van der Waals surface area contributed by atoms with Gasteiger partial charge in [-0.05, 0) is 26.0 Å². The highest BCUT2D eigenvalue weighted by molar-refractivity contribution is 5.14. The van der Waals surface area contributed by atoms with E-state index in [0.29, 0.717) is 18.1 Å². The fourth-order valence-corrected chi connectivity index (χ4v) is 2.55. The first kappa shape index (κ1) is 10.7. The molecule has 3 unspecified atom stereocenters. The second kappa shape index (κ2) is 4.81. The van der Waals surface area contributed by atoms with E-state index >= 15 is 0 Å². The zero-order valence-electron chi connectivity index (χ0n) is 9.40. The summed E-state index contributed by atoms with van der Waals surface area (Å²) in [6.45, 7) is 3.07. The zero-order chi connectivity index (χ0) is 10.7. The summed E-state index contributed by atoms with van der Waals surface area (Å²) in [6, 6.07) is 2.39. The van der Waals surface area contributed by atoms with Crippen molar-refractivity contribution in [1.29, 1.82) is 0 Å². The topological polar surface area (TPSA) is 34.4 Å². The molecule has 15 heavy (non-hydrogen) atoms. The van der Waals surface area contributed by atoms with Crippen LogP contribution in [0.25, 0.3) is 0 Å². The van der Waals surface area contributed by atoms with Gasteiger partial charge in [-0.2, -0.15) is 0 Å². The molecule has 3 heteroatoms. The molecule has 1 aliphatic heterocycles. The van der Waals surface area contributed by atoms with Crippen LogP contribution in [0.1, 0.15) is 31.4 Å². The molecule has 1 saturated heterocycles. The maximum atomic E-state index is 5.72. The lowest BCUT2D eigenvalue weighted by Gasteiger charge is -2.25. The van der Waals surface area contributed by atoms with Crippen LogP contribution in [0.5, 0.6) is 0 Å². The number of ether oxygens (including phenoxy) is 1. The van der Waals surface area contributed by atoms with Crippen molar-refractivity contribution < 1.29 is 9.15 Å². The molecule has 1 aliphatic rings. The van der Waals surface area contributed by atoms with Crippen LogP contribution in [0.4, 0.5) is 0 Å². The summed E-state index contributed by atoms with van der Waals surface area (Å²) in [7, 11) is 2.00. The number of furan rings is 1. The molecular formula is C12H19NO2. The molecule has 1 fully saturated rings. The Kier molecular flexibility index (Phi) is 3.44. The summed E-state index contributed by atoms with van der Waals surface area (Å²) in [4.78, 5) is 0. The SMILES string of the molecule is CCC1OCCC1C(NC)c1ccoc1. The largest absolute Gasteiger partial charge is 0.472 e. The van der Waals surface area contributed by atoms with Crippen LogP contribution in [0.2, 0.25) is 0 Å². The molecule has 1 aromatic rings. The standard InChI is InChI=1S/C12H19NO2/c1-3-11-10(5-7-15-11)12(13-2)9-4-6-14-8-9/h4,6,8,10-13H,3,5,7H2,1-2H3. The van der Waals surface area contributed by atoms with Crippen molar-refractivity contribution in [2.75, 3.05) is 13.7 Å². The molecule has 0 spiro atoms. The summed E-state index contributed by atoms with van der Waals surface area (Å²) in [5.41, 5.74) is 1.23. The third-order valence-corrected chi connectivity index (χ3v) is 3.30. The van der Waals surface area contributed by atoms with E-state index < -0.39 is 0 Å². The lowest BCUT2D eigenvalue weighted by atomic mass is 9.88. The summed E-state index contributed by atoms with van der Waals surface area (Å²) in [5.74, 6) is 0.567. The lowest BCUT2D eigenvalue weighted by molar-refractivity contribution is 0.0782. The molecule has 0 radical (unpaired) electrons.